The fourth-order valence-corrected chi connectivity index (χ4v) is 2.79. The van der Waals surface area contributed by atoms with Crippen LogP contribution >= 0.6 is 15.9 Å². The summed E-state index contributed by atoms with van der Waals surface area (Å²) < 4.78 is 6.43. The molecule has 21 heavy (non-hydrogen) atoms. The Labute approximate surface area is 134 Å². The molecule has 0 atom stereocenters. The largest absolute Gasteiger partial charge is 0.444 e. The van der Waals surface area contributed by atoms with Crippen LogP contribution in [-0.2, 0) is 4.74 Å². The maximum atomic E-state index is 12.1. The van der Waals surface area contributed by atoms with Crippen LogP contribution in [0.2, 0.25) is 0 Å². The second-order valence-corrected chi connectivity index (χ2v) is 6.99. The maximum absolute atomic E-state index is 12.1. The Morgan fingerprint density at radius 3 is 2.71 bits per heavy atom. The van der Waals surface area contributed by atoms with E-state index in [1.165, 1.54) is 0 Å². The van der Waals surface area contributed by atoms with E-state index >= 15 is 0 Å². The molecule has 2 heterocycles. The molecule has 1 amide bonds. The quantitative estimate of drug-likeness (QED) is 0.775. The minimum Gasteiger partial charge on any atom is -0.444 e. The van der Waals surface area contributed by atoms with Gasteiger partial charge in [0.05, 0.1) is 10.2 Å². The number of aromatic nitrogens is 1. The van der Waals surface area contributed by atoms with Crippen LogP contribution in [0.4, 0.5) is 10.5 Å². The number of halogens is 1. The number of rotatable bonds is 1. The van der Waals surface area contributed by atoms with Gasteiger partial charge in [0.15, 0.2) is 0 Å². The number of carbonyl (C=O) groups is 1. The first-order chi connectivity index (χ1) is 9.87. The van der Waals surface area contributed by atoms with Gasteiger partial charge in [0.25, 0.3) is 0 Å². The van der Waals surface area contributed by atoms with E-state index in [9.17, 15) is 4.79 Å². The highest BCUT2D eigenvalue weighted by Gasteiger charge is 2.24. The minimum atomic E-state index is -0.447. The fraction of sp³-hybridized carbons (Fsp3) is 0.600. The Morgan fingerprint density at radius 1 is 1.29 bits per heavy atom. The Balaban J connectivity index is 1.99. The monoisotopic (exact) mass is 355 g/mol. The molecule has 5 nitrogen and oxygen atoms in total. The zero-order chi connectivity index (χ0) is 15.5. The van der Waals surface area contributed by atoms with Crippen molar-refractivity contribution in [1.29, 1.82) is 0 Å². The highest BCUT2D eigenvalue weighted by atomic mass is 79.9. The molecule has 116 valence electrons. The summed E-state index contributed by atoms with van der Waals surface area (Å²) in [5, 5.41) is 0. The van der Waals surface area contributed by atoms with Gasteiger partial charge in [0.2, 0.25) is 0 Å². The summed E-state index contributed by atoms with van der Waals surface area (Å²) in [6.45, 7) is 8.79. The van der Waals surface area contributed by atoms with E-state index < -0.39 is 5.60 Å². The number of ether oxygens (including phenoxy) is 1. The van der Waals surface area contributed by atoms with Crippen molar-refractivity contribution in [3.63, 3.8) is 0 Å². The number of hydrogen-bond donors (Lipinski definition) is 0. The molecular formula is C15H22BrN3O2. The van der Waals surface area contributed by atoms with Crippen molar-refractivity contribution in [2.45, 2.75) is 32.8 Å². The molecule has 1 aromatic heterocycles. The van der Waals surface area contributed by atoms with Gasteiger partial charge in [-0.05, 0) is 49.2 Å². The lowest BCUT2D eigenvalue weighted by atomic mass is 10.2. The molecule has 0 saturated carbocycles. The number of nitrogens with zero attached hydrogens (tertiary/aromatic N) is 3. The molecule has 1 fully saturated rings. The van der Waals surface area contributed by atoms with Crippen LogP contribution in [0.15, 0.2) is 22.9 Å². The molecular weight excluding hydrogens is 334 g/mol. The average molecular weight is 356 g/mol. The molecule has 0 unspecified atom stereocenters. The SMILES string of the molecule is CC(C)(C)OC(=O)N1CCCN(c2ccncc2Br)CC1. The number of anilines is 1. The second-order valence-electron chi connectivity index (χ2n) is 6.14. The molecule has 1 aliphatic rings. The molecule has 1 aliphatic heterocycles. The fourth-order valence-electron chi connectivity index (χ4n) is 2.29. The Bertz CT molecular complexity index is 502. The summed E-state index contributed by atoms with van der Waals surface area (Å²) in [5.74, 6) is 0. The molecule has 0 aromatic carbocycles. The molecule has 0 N–H and O–H groups in total. The summed E-state index contributed by atoms with van der Waals surface area (Å²) >= 11 is 3.53. The predicted molar refractivity (Wildman–Crippen MR) is 86.6 cm³/mol. The average Bonchev–Trinajstić information content (AvgIpc) is 2.63. The van der Waals surface area contributed by atoms with Crippen molar-refractivity contribution in [2.24, 2.45) is 0 Å². The van der Waals surface area contributed by atoms with E-state index in [0.29, 0.717) is 6.54 Å². The summed E-state index contributed by atoms with van der Waals surface area (Å²) in [5.41, 5.74) is 0.674. The van der Waals surface area contributed by atoms with Crippen molar-refractivity contribution in [1.82, 2.24) is 9.88 Å². The third-order valence-corrected chi connectivity index (χ3v) is 3.85. The standard InChI is InChI=1S/C15H22BrN3O2/c1-15(2,3)21-14(20)19-8-4-7-18(9-10-19)13-5-6-17-11-12(13)16/h5-6,11H,4,7-10H2,1-3H3. The summed E-state index contributed by atoms with van der Waals surface area (Å²) in [6, 6.07) is 1.99. The van der Waals surface area contributed by atoms with E-state index in [1.807, 2.05) is 26.8 Å². The summed E-state index contributed by atoms with van der Waals surface area (Å²) in [4.78, 5) is 20.3. The zero-order valence-electron chi connectivity index (χ0n) is 12.8. The Hall–Kier alpha value is -1.30. The third kappa shape index (κ3) is 4.59. The predicted octanol–water partition coefficient (Wildman–Crippen LogP) is 3.29. The van der Waals surface area contributed by atoms with Gasteiger partial charge in [-0.1, -0.05) is 0 Å². The van der Waals surface area contributed by atoms with Crippen molar-refractivity contribution < 1.29 is 9.53 Å². The van der Waals surface area contributed by atoms with Crippen LogP contribution in [0.5, 0.6) is 0 Å². The van der Waals surface area contributed by atoms with Gasteiger partial charge < -0.3 is 14.5 Å². The number of amides is 1. The molecule has 1 saturated heterocycles. The first-order valence-electron chi connectivity index (χ1n) is 7.19. The molecule has 2 rings (SSSR count). The zero-order valence-corrected chi connectivity index (χ0v) is 14.4. The first kappa shape index (κ1) is 16.1. The minimum absolute atomic E-state index is 0.224. The van der Waals surface area contributed by atoms with Gasteiger partial charge in [-0.2, -0.15) is 0 Å². The number of carbonyl (C=O) groups excluding carboxylic acids is 1. The van der Waals surface area contributed by atoms with Gasteiger partial charge in [-0.15, -0.1) is 0 Å². The third-order valence-electron chi connectivity index (χ3n) is 3.24. The Morgan fingerprint density at radius 2 is 2.05 bits per heavy atom. The first-order valence-corrected chi connectivity index (χ1v) is 7.98. The van der Waals surface area contributed by atoms with E-state index in [-0.39, 0.29) is 6.09 Å². The van der Waals surface area contributed by atoms with Crippen LogP contribution in [0.1, 0.15) is 27.2 Å². The van der Waals surface area contributed by atoms with E-state index in [1.54, 1.807) is 17.3 Å². The van der Waals surface area contributed by atoms with E-state index in [0.717, 1.165) is 36.2 Å². The highest BCUT2D eigenvalue weighted by Crippen LogP contribution is 2.25. The van der Waals surface area contributed by atoms with Crippen molar-refractivity contribution in [3.05, 3.63) is 22.9 Å². The smallest absolute Gasteiger partial charge is 0.410 e. The van der Waals surface area contributed by atoms with Crippen LogP contribution < -0.4 is 4.90 Å². The normalized spacial score (nSPS) is 16.6. The molecule has 0 aliphatic carbocycles. The maximum Gasteiger partial charge on any atom is 0.410 e. The van der Waals surface area contributed by atoms with Gasteiger partial charge in [0.1, 0.15) is 5.60 Å². The molecule has 1 aromatic rings. The van der Waals surface area contributed by atoms with Crippen molar-refractivity contribution in [3.8, 4) is 0 Å². The number of pyridine rings is 1. The van der Waals surface area contributed by atoms with Crippen LogP contribution in [0, 0.1) is 0 Å². The Kier molecular flexibility index (Phi) is 5.08. The molecule has 0 bridgehead atoms. The van der Waals surface area contributed by atoms with Crippen molar-refractivity contribution >= 4 is 27.7 Å². The lowest BCUT2D eigenvalue weighted by Crippen LogP contribution is -2.39. The van der Waals surface area contributed by atoms with Gasteiger partial charge in [0, 0.05) is 38.6 Å². The summed E-state index contributed by atoms with van der Waals surface area (Å²) in [6.07, 6.45) is 4.29. The van der Waals surface area contributed by atoms with Gasteiger partial charge in [-0.3, -0.25) is 4.98 Å². The van der Waals surface area contributed by atoms with E-state index in [2.05, 4.69) is 25.8 Å². The topological polar surface area (TPSA) is 45.7 Å². The van der Waals surface area contributed by atoms with Gasteiger partial charge >= 0.3 is 6.09 Å². The highest BCUT2D eigenvalue weighted by molar-refractivity contribution is 9.10. The van der Waals surface area contributed by atoms with Crippen LogP contribution in [0.3, 0.4) is 0 Å². The lowest BCUT2D eigenvalue weighted by molar-refractivity contribution is 0.0263. The van der Waals surface area contributed by atoms with E-state index in [4.69, 9.17) is 4.74 Å². The van der Waals surface area contributed by atoms with Crippen LogP contribution in [-0.4, -0.2) is 47.8 Å². The van der Waals surface area contributed by atoms with Crippen LogP contribution in [0.25, 0.3) is 0 Å². The van der Waals surface area contributed by atoms with Crippen molar-refractivity contribution in [2.75, 3.05) is 31.1 Å². The number of hydrogen-bond acceptors (Lipinski definition) is 4. The molecule has 0 spiro atoms. The molecule has 0 radical (unpaired) electrons. The van der Waals surface area contributed by atoms with Gasteiger partial charge in [-0.25, -0.2) is 4.79 Å². The second kappa shape index (κ2) is 6.64. The lowest BCUT2D eigenvalue weighted by Gasteiger charge is -2.27. The summed E-state index contributed by atoms with van der Waals surface area (Å²) in [7, 11) is 0. The molecule has 6 heteroatoms.